The van der Waals surface area contributed by atoms with Gasteiger partial charge in [-0.15, -0.1) is 0 Å². The van der Waals surface area contributed by atoms with E-state index < -0.39 is 4.92 Å². The van der Waals surface area contributed by atoms with Crippen molar-refractivity contribution in [1.29, 1.82) is 0 Å². The van der Waals surface area contributed by atoms with Crippen molar-refractivity contribution in [2.24, 2.45) is 0 Å². The molecule has 0 N–H and O–H groups in total. The summed E-state index contributed by atoms with van der Waals surface area (Å²) in [7, 11) is 0. The summed E-state index contributed by atoms with van der Waals surface area (Å²) in [6.07, 6.45) is 0. The van der Waals surface area contributed by atoms with Crippen LogP contribution < -0.4 is 4.90 Å². The van der Waals surface area contributed by atoms with Crippen LogP contribution in [0.2, 0.25) is 0 Å². The number of nitro groups is 1. The van der Waals surface area contributed by atoms with E-state index in [4.69, 9.17) is 0 Å². The van der Waals surface area contributed by atoms with Gasteiger partial charge in [-0.3, -0.25) is 19.8 Å². The lowest BCUT2D eigenvalue weighted by Gasteiger charge is -2.23. The Morgan fingerprint density at radius 1 is 0.962 bits per heavy atom. The summed E-state index contributed by atoms with van der Waals surface area (Å²) < 4.78 is 0. The highest BCUT2D eigenvalue weighted by Crippen LogP contribution is 2.45. The number of anilines is 2. The average molecular weight is 362 g/mol. The lowest BCUT2D eigenvalue weighted by molar-refractivity contribution is -0.385. The van der Waals surface area contributed by atoms with Crippen LogP contribution in [-0.2, 0) is 0 Å². The molecule has 0 aliphatic carbocycles. The molecule has 1 aliphatic heterocycles. The molecule has 1 heterocycles. The molecule has 0 fully saturated rings. The van der Waals surface area contributed by atoms with E-state index in [2.05, 4.69) is 0 Å². The van der Waals surface area contributed by atoms with E-state index in [0.29, 0.717) is 16.1 Å². The predicted molar refractivity (Wildman–Crippen MR) is 101 cm³/mol. The zero-order chi connectivity index (χ0) is 18.3. The molecule has 4 rings (SSSR count). The first-order valence-electron chi connectivity index (χ1n) is 8.01. The number of amides is 1. The number of carbonyl (C=O) groups excluding carboxylic acids is 1. The van der Waals surface area contributed by atoms with E-state index in [1.54, 1.807) is 17.0 Å². The Hall–Kier alpha value is -3.12. The van der Waals surface area contributed by atoms with Gasteiger partial charge in [0.15, 0.2) is 0 Å². The summed E-state index contributed by atoms with van der Waals surface area (Å²) in [6.45, 7) is 1.98. The predicted octanol–water partition coefficient (Wildman–Crippen LogP) is 5.35. The van der Waals surface area contributed by atoms with Crippen LogP contribution in [0.25, 0.3) is 0 Å². The first-order valence-corrected chi connectivity index (χ1v) is 8.83. The zero-order valence-electron chi connectivity index (χ0n) is 13.9. The zero-order valence-corrected chi connectivity index (χ0v) is 14.7. The van der Waals surface area contributed by atoms with E-state index in [9.17, 15) is 14.9 Å². The van der Waals surface area contributed by atoms with Crippen LogP contribution in [0.5, 0.6) is 0 Å². The number of rotatable bonds is 2. The number of hydrogen-bond acceptors (Lipinski definition) is 4. The molecular weight excluding hydrogens is 348 g/mol. The molecule has 6 heteroatoms. The number of hydrogen-bond donors (Lipinski definition) is 0. The van der Waals surface area contributed by atoms with Crippen LogP contribution in [0, 0.1) is 17.0 Å². The molecule has 1 aliphatic rings. The number of nitrogens with zero attached hydrogens (tertiary/aromatic N) is 2. The number of benzene rings is 3. The molecule has 0 radical (unpaired) electrons. The van der Waals surface area contributed by atoms with Gasteiger partial charge < -0.3 is 0 Å². The lowest BCUT2D eigenvalue weighted by Crippen LogP contribution is -2.25. The van der Waals surface area contributed by atoms with Crippen molar-refractivity contribution in [3.8, 4) is 0 Å². The summed E-state index contributed by atoms with van der Waals surface area (Å²) in [5.74, 6) is -0.149. The Labute approximate surface area is 154 Å². The van der Waals surface area contributed by atoms with Gasteiger partial charge in [0.2, 0.25) is 0 Å². The van der Waals surface area contributed by atoms with Crippen molar-refractivity contribution >= 4 is 34.7 Å². The highest BCUT2D eigenvalue weighted by molar-refractivity contribution is 7.99. The molecule has 5 nitrogen and oxygen atoms in total. The fourth-order valence-corrected chi connectivity index (χ4v) is 4.01. The van der Waals surface area contributed by atoms with Crippen LogP contribution in [0.15, 0.2) is 76.5 Å². The van der Waals surface area contributed by atoms with E-state index in [1.807, 2.05) is 49.4 Å². The topological polar surface area (TPSA) is 63.5 Å². The van der Waals surface area contributed by atoms with Gasteiger partial charge in [0.25, 0.3) is 11.6 Å². The van der Waals surface area contributed by atoms with Crippen molar-refractivity contribution in [2.75, 3.05) is 4.90 Å². The molecule has 1 amide bonds. The first-order chi connectivity index (χ1) is 12.5. The molecule has 0 aromatic heterocycles. The average Bonchev–Trinajstić information content (AvgIpc) is 2.76. The Bertz CT molecular complexity index is 1030. The molecule has 128 valence electrons. The standard InChI is InChI=1S/C20H14N2O3S/c1-13-6-8-14(9-7-13)21-17-11-10-15(22(24)25)12-19(17)26-18-5-3-2-4-16(18)20(21)23/h2-12H,1H3. The normalized spacial score (nSPS) is 13.0. The van der Waals surface area contributed by atoms with Crippen molar-refractivity contribution in [2.45, 2.75) is 16.7 Å². The summed E-state index contributed by atoms with van der Waals surface area (Å²) in [5.41, 5.74) is 3.05. The summed E-state index contributed by atoms with van der Waals surface area (Å²) in [4.78, 5) is 27.1. The van der Waals surface area contributed by atoms with E-state index in [1.165, 1.54) is 23.9 Å². The minimum absolute atomic E-state index is 0.00642. The van der Waals surface area contributed by atoms with Gasteiger partial charge >= 0.3 is 0 Å². The molecular formula is C20H14N2O3S. The third kappa shape index (κ3) is 2.74. The second-order valence-corrected chi connectivity index (χ2v) is 7.07. The Morgan fingerprint density at radius 3 is 2.42 bits per heavy atom. The highest BCUT2D eigenvalue weighted by Gasteiger charge is 2.29. The first kappa shape index (κ1) is 16.4. The molecule has 3 aromatic carbocycles. The fourth-order valence-electron chi connectivity index (χ4n) is 2.91. The van der Waals surface area contributed by atoms with E-state index in [0.717, 1.165) is 16.1 Å². The van der Waals surface area contributed by atoms with Gasteiger partial charge in [-0.25, -0.2) is 0 Å². The number of nitro benzene ring substituents is 1. The van der Waals surface area contributed by atoms with Crippen LogP contribution in [0.1, 0.15) is 15.9 Å². The van der Waals surface area contributed by atoms with Gasteiger partial charge in [0.05, 0.1) is 16.2 Å². The number of non-ortho nitro benzene ring substituents is 1. The number of fused-ring (bicyclic) bond motifs is 2. The Morgan fingerprint density at radius 2 is 1.69 bits per heavy atom. The highest BCUT2D eigenvalue weighted by atomic mass is 32.2. The van der Waals surface area contributed by atoms with Crippen molar-refractivity contribution < 1.29 is 9.72 Å². The number of aryl methyl sites for hydroxylation is 1. The van der Waals surface area contributed by atoms with Gasteiger partial charge in [-0.05, 0) is 37.3 Å². The van der Waals surface area contributed by atoms with Gasteiger partial charge in [0.1, 0.15) is 0 Å². The Balaban J connectivity index is 1.96. The quantitative estimate of drug-likeness (QED) is 0.455. The van der Waals surface area contributed by atoms with Crippen LogP contribution in [0.3, 0.4) is 0 Å². The third-order valence-electron chi connectivity index (χ3n) is 4.23. The van der Waals surface area contributed by atoms with Crippen molar-refractivity contribution in [3.05, 3.63) is 88.0 Å². The largest absolute Gasteiger partial charge is 0.276 e. The molecule has 0 spiro atoms. The van der Waals surface area contributed by atoms with Crippen LogP contribution in [-0.4, -0.2) is 10.8 Å². The molecule has 26 heavy (non-hydrogen) atoms. The summed E-state index contributed by atoms with van der Waals surface area (Å²) in [5, 5.41) is 11.2. The van der Waals surface area contributed by atoms with Crippen LogP contribution >= 0.6 is 11.8 Å². The van der Waals surface area contributed by atoms with Gasteiger partial charge in [-0.1, -0.05) is 41.6 Å². The minimum atomic E-state index is -0.421. The van der Waals surface area contributed by atoms with Crippen molar-refractivity contribution in [3.63, 3.8) is 0 Å². The maximum Gasteiger partial charge on any atom is 0.270 e. The molecule has 0 atom stereocenters. The number of carbonyl (C=O) groups is 1. The second kappa shape index (κ2) is 6.31. The maximum atomic E-state index is 13.3. The molecule has 0 bridgehead atoms. The molecule has 0 unspecified atom stereocenters. The smallest absolute Gasteiger partial charge is 0.270 e. The lowest BCUT2D eigenvalue weighted by atomic mass is 10.1. The van der Waals surface area contributed by atoms with Gasteiger partial charge in [-0.2, -0.15) is 0 Å². The fraction of sp³-hybridized carbons (Fsp3) is 0.0500. The third-order valence-corrected chi connectivity index (χ3v) is 5.35. The molecule has 0 saturated heterocycles. The van der Waals surface area contributed by atoms with Crippen molar-refractivity contribution in [1.82, 2.24) is 0 Å². The summed E-state index contributed by atoms with van der Waals surface area (Å²) >= 11 is 1.37. The van der Waals surface area contributed by atoms with Crippen LogP contribution in [0.4, 0.5) is 17.1 Å². The SMILES string of the molecule is Cc1ccc(N2C(=O)c3ccccc3Sc3cc([N+](=O)[O-])ccc32)cc1. The second-order valence-electron chi connectivity index (χ2n) is 5.98. The van der Waals surface area contributed by atoms with Gasteiger partial charge in [0, 0.05) is 27.6 Å². The Kier molecular flexibility index (Phi) is 3.97. The minimum Gasteiger partial charge on any atom is -0.276 e. The van der Waals surface area contributed by atoms with E-state index in [-0.39, 0.29) is 11.6 Å². The molecule has 0 saturated carbocycles. The maximum absolute atomic E-state index is 13.3. The van der Waals surface area contributed by atoms with E-state index >= 15 is 0 Å². The molecule has 3 aromatic rings. The summed E-state index contributed by atoms with van der Waals surface area (Å²) in [6, 6.07) is 19.6. The monoisotopic (exact) mass is 362 g/mol.